The summed E-state index contributed by atoms with van der Waals surface area (Å²) in [5, 5.41) is 3.45. The van der Waals surface area contributed by atoms with E-state index in [0.717, 1.165) is 18.2 Å². The summed E-state index contributed by atoms with van der Waals surface area (Å²) in [6, 6.07) is 4.42. The van der Waals surface area contributed by atoms with E-state index >= 15 is 0 Å². The quantitative estimate of drug-likeness (QED) is 0.774. The van der Waals surface area contributed by atoms with Gasteiger partial charge in [-0.25, -0.2) is 0 Å². The Morgan fingerprint density at radius 3 is 2.80 bits per heavy atom. The van der Waals surface area contributed by atoms with Crippen LogP contribution in [0.15, 0.2) is 28.9 Å². The van der Waals surface area contributed by atoms with E-state index in [4.69, 9.17) is 4.42 Å². The molecular weight excluding hydrogens is 186 g/mol. The average Bonchev–Trinajstić information content (AvgIpc) is 2.63. The molecule has 0 aliphatic heterocycles. The predicted molar refractivity (Wildman–Crippen MR) is 64.7 cm³/mol. The Morgan fingerprint density at radius 1 is 1.40 bits per heavy atom. The molecule has 1 rings (SSSR count). The van der Waals surface area contributed by atoms with Crippen molar-refractivity contribution in [2.75, 3.05) is 6.54 Å². The standard InChI is InChI=1S/C13H21NO/c1-11(2)10-12(3)14-8-4-6-13-7-5-9-15-13/h4-7,9,11-12,14H,8,10H2,1-3H3/b6-4+. The summed E-state index contributed by atoms with van der Waals surface area (Å²) in [6.45, 7) is 7.61. The van der Waals surface area contributed by atoms with Crippen LogP contribution in [0.1, 0.15) is 33.0 Å². The lowest BCUT2D eigenvalue weighted by Gasteiger charge is -2.14. The van der Waals surface area contributed by atoms with Crippen molar-refractivity contribution >= 4 is 6.08 Å². The third kappa shape index (κ3) is 5.43. The van der Waals surface area contributed by atoms with E-state index in [1.807, 2.05) is 18.2 Å². The van der Waals surface area contributed by atoms with Gasteiger partial charge in [-0.15, -0.1) is 0 Å². The molecule has 15 heavy (non-hydrogen) atoms. The molecule has 0 aliphatic rings. The van der Waals surface area contributed by atoms with Crippen LogP contribution < -0.4 is 5.32 Å². The van der Waals surface area contributed by atoms with Gasteiger partial charge >= 0.3 is 0 Å². The molecule has 1 aromatic heterocycles. The SMILES string of the molecule is CC(C)CC(C)NC/C=C/c1ccco1. The van der Waals surface area contributed by atoms with Crippen LogP contribution in [-0.2, 0) is 0 Å². The summed E-state index contributed by atoms with van der Waals surface area (Å²) >= 11 is 0. The zero-order valence-electron chi connectivity index (χ0n) is 9.86. The third-order valence-corrected chi connectivity index (χ3v) is 2.23. The molecule has 0 saturated heterocycles. The minimum absolute atomic E-state index is 0.575. The maximum atomic E-state index is 5.19. The van der Waals surface area contributed by atoms with Crippen molar-refractivity contribution in [2.24, 2.45) is 5.92 Å². The van der Waals surface area contributed by atoms with Crippen molar-refractivity contribution in [3.05, 3.63) is 30.2 Å². The Hall–Kier alpha value is -1.02. The van der Waals surface area contributed by atoms with Crippen LogP contribution in [0.2, 0.25) is 0 Å². The van der Waals surface area contributed by atoms with Gasteiger partial charge in [0.25, 0.3) is 0 Å². The summed E-state index contributed by atoms with van der Waals surface area (Å²) in [4.78, 5) is 0. The van der Waals surface area contributed by atoms with Crippen molar-refractivity contribution in [1.29, 1.82) is 0 Å². The molecule has 0 bridgehead atoms. The van der Waals surface area contributed by atoms with Gasteiger partial charge in [0.05, 0.1) is 6.26 Å². The van der Waals surface area contributed by atoms with Crippen molar-refractivity contribution < 1.29 is 4.42 Å². The van der Waals surface area contributed by atoms with Crippen molar-refractivity contribution in [3.63, 3.8) is 0 Å². The van der Waals surface area contributed by atoms with Gasteiger partial charge in [0, 0.05) is 12.6 Å². The Balaban J connectivity index is 2.16. The van der Waals surface area contributed by atoms with E-state index in [1.165, 1.54) is 6.42 Å². The molecular formula is C13H21NO. The Morgan fingerprint density at radius 2 is 2.20 bits per heavy atom. The summed E-state index contributed by atoms with van der Waals surface area (Å²) in [5.41, 5.74) is 0. The molecule has 0 radical (unpaired) electrons. The predicted octanol–water partition coefficient (Wildman–Crippen LogP) is 3.32. The highest BCUT2D eigenvalue weighted by molar-refractivity contribution is 5.42. The first-order valence-electron chi connectivity index (χ1n) is 5.62. The summed E-state index contributed by atoms with van der Waals surface area (Å²) in [6.07, 6.45) is 6.99. The lowest BCUT2D eigenvalue weighted by atomic mass is 10.1. The molecule has 2 nitrogen and oxygen atoms in total. The van der Waals surface area contributed by atoms with Gasteiger partial charge in [-0.3, -0.25) is 0 Å². The second kappa shape index (κ2) is 6.46. The van der Waals surface area contributed by atoms with E-state index in [9.17, 15) is 0 Å². The zero-order chi connectivity index (χ0) is 11.1. The van der Waals surface area contributed by atoms with Crippen LogP contribution >= 0.6 is 0 Å². The number of hydrogen-bond acceptors (Lipinski definition) is 2. The average molecular weight is 207 g/mol. The molecule has 1 heterocycles. The highest BCUT2D eigenvalue weighted by Gasteiger charge is 2.01. The Bertz CT molecular complexity index is 275. The summed E-state index contributed by atoms with van der Waals surface area (Å²) < 4.78 is 5.19. The van der Waals surface area contributed by atoms with Crippen LogP contribution in [0.3, 0.4) is 0 Å². The van der Waals surface area contributed by atoms with Crippen LogP contribution in [0.25, 0.3) is 6.08 Å². The lowest BCUT2D eigenvalue weighted by Crippen LogP contribution is -2.27. The molecule has 0 aliphatic carbocycles. The molecule has 1 N–H and O–H groups in total. The first-order valence-corrected chi connectivity index (χ1v) is 5.62. The highest BCUT2D eigenvalue weighted by atomic mass is 16.3. The molecule has 1 aromatic rings. The van der Waals surface area contributed by atoms with Gasteiger partial charge < -0.3 is 9.73 Å². The maximum absolute atomic E-state index is 5.19. The molecule has 0 saturated carbocycles. The minimum Gasteiger partial charge on any atom is -0.465 e. The molecule has 0 fully saturated rings. The van der Waals surface area contributed by atoms with Gasteiger partial charge in [0.1, 0.15) is 5.76 Å². The first kappa shape index (κ1) is 12.1. The summed E-state index contributed by atoms with van der Waals surface area (Å²) in [7, 11) is 0. The fourth-order valence-corrected chi connectivity index (χ4v) is 1.62. The second-order valence-corrected chi connectivity index (χ2v) is 4.36. The van der Waals surface area contributed by atoms with E-state index in [2.05, 4.69) is 32.2 Å². The molecule has 0 spiro atoms. The van der Waals surface area contributed by atoms with Crippen LogP contribution in [0, 0.1) is 5.92 Å². The molecule has 1 unspecified atom stereocenters. The maximum Gasteiger partial charge on any atom is 0.126 e. The molecule has 2 heteroatoms. The van der Waals surface area contributed by atoms with Crippen LogP contribution in [0.4, 0.5) is 0 Å². The lowest BCUT2D eigenvalue weighted by molar-refractivity contribution is 0.457. The number of hydrogen-bond donors (Lipinski definition) is 1. The Kier molecular flexibility index (Phi) is 5.19. The molecule has 84 valence electrons. The normalized spacial score (nSPS) is 13.9. The monoisotopic (exact) mass is 207 g/mol. The number of furan rings is 1. The van der Waals surface area contributed by atoms with Crippen molar-refractivity contribution in [3.8, 4) is 0 Å². The fourth-order valence-electron chi connectivity index (χ4n) is 1.62. The zero-order valence-corrected chi connectivity index (χ0v) is 9.86. The van der Waals surface area contributed by atoms with Gasteiger partial charge in [-0.1, -0.05) is 19.9 Å². The van der Waals surface area contributed by atoms with Gasteiger partial charge in [0.15, 0.2) is 0 Å². The first-order chi connectivity index (χ1) is 7.18. The largest absolute Gasteiger partial charge is 0.465 e. The van der Waals surface area contributed by atoms with Crippen molar-refractivity contribution in [1.82, 2.24) is 5.32 Å². The molecule has 0 amide bonds. The highest BCUT2D eigenvalue weighted by Crippen LogP contribution is 2.04. The van der Waals surface area contributed by atoms with Gasteiger partial charge in [0.2, 0.25) is 0 Å². The van der Waals surface area contributed by atoms with Crippen LogP contribution in [-0.4, -0.2) is 12.6 Å². The van der Waals surface area contributed by atoms with E-state index in [0.29, 0.717) is 6.04 Å². The van der Waals surface area contributed by atoms with Crippen molar-refractivity contribution in [2.45, 2.75) is 33.2 Å². The molecule has 0 aromatic carbocycles. The summed E-state index contributed by atoms with van der Waals surface area (Å²) in [5.74, 6) is 1.66. The smallest absolute Gasteiger partial charge is 0.126 e. The number of nitrogens with one attached hydrogen (secondary N) is 1. The third-order valence-electron chi connectivity index (χ3n) is 2.23. The van der Waals surface area contributed by atoms with E-state index < -0.39 is 0 Å². The van der Waals surface area contributed by atoms with Gasteiger partial charge in [-0.2, -0.15) is 0 Å². The Labute approximate surface area is 92.4 Å². The molecule has 1 atom stereocenters. The second-order valence-electron chi connectivity index (χ2n) is 4.36. The fraction of sp³-hybridized carbons (Fsp3) is 0.538. The van der Waals surface area contributed by atoms with E-state index in [1.54, 1.807) is 6.26 Å². The topological polar surface area (TPSA) is 25.2 Å². The number of rotatable bonds is 6. The van der Waals surface area contributed by atoms with Gasteiger partial charge in [-0.05, 0) is 37.5 Å². The minimum atomic E-state index is 0.575. The van der Waals surface area contributed by atoms with E-state index in [-0.39, 0.29) is 0 Å². The van der Waals surface area contributed by atoms with Crippen LogP contribution in [0.5, 0.6) is 0 Å².